The van der Waals surface area contributed by atoms with Gasteiger partial charge in [0.05, 0.1) is 5.69 Å². The molecule has 0 N–H and O–H groups in total. The Labute approximate surface area is 207 Å². The Morgan fingerprint density at radius 1 is 0.697 bits per heavy atom. The fourth-order valence-corrected chi connectivity index (χ4v) is 3.58. The van der Waals surface area contributed by atoms with Gasteiger partial charge in [-0.1, -0.05) is 65.5 Å². The van der Waals surface area contributed by atoms with Crippen LogP contribution in [0.5, 0.6) is 0 Å². The molecule has 4 heterocycles. The minimum atomic E-state index is -0.414. The molecule has 1 aromatic carbocycles. The Bertz CT molecular complexity index is 1370. The smallest absolute Gasteiger partial charge is 0.345 e. The van der Waals surface area contributed by atoms with Crippen LogP contribution in [0.3, 0.4) is 0 Å². The van der Waals surface area contributed by atoms with E-state index < -0.39 is 5.41 Å². The van der Waals surface area contributed by atoms with E-state index in [1.807, 2.05) is 84.7 Å². The monoisotopic (exact) mass is 613 g/mol. The zero-order valence-electron chi connectivity index (χ0n) is 18.5. The molecule has 166 valence electrons. The quantitative estimate of drug-likeness (QED) is 0.271. The molecular weight excluding hydrogens is 591 g/mol. The molecule has 5 rings (SSSR count). The van der Waals surface area contributed by atoms with E-state index in [0.717, 1.165) is 34.2 Å². The molecule has 0 aliphatic heterocycles. The number of aryl methyl sites for hydroxylation is 1. The van der Waals surface area contributed by atoms with Gasteiger partial charge in [-0.15, -0.1) is 12.1 Å². The minimum absolute atomic E-state index is 0. The summed E-state index contributed by atoms with van der Waals surface area (Å²) in [6.07, 6.45) is 3.63. The van der Waals surface area contributed by atoms with Crippen molar-refractivity contribution in [1.29, 1.82) is 0 Å². The van der Waals surface area contributed by atoms with E-state index in [1.54, 1.807) is 10.9 Å². The largest absolute Gasteiger partial charge is 2.00 e. The number of pyridine rings is 2. The summed E-state index contributed by atoms with van der Waals surface area (Å²) in [6.45, 7) is 4.25. The van der Waals surface area contributed by atoms with Crippen LogP contribution in [0.4, 0.5) is 0 Å². The van der Waals surface area contributed by atoms with Gasteiger partial charge in [0.2, 0.25) is 0 Å². The molecule has 0 saturated carbocycles. The molecule has 0 aliphatic carbocycles. The Morgan fingerprint density at radius 2 is 1.27 bits per heavy atom. The van der Waals surface area contributed by atoms with Gasteiger partial charge in [-0.3, -0.25) is 9.36 Å². The molecule has 7 heteroatoms. The fraction of sp³-hybridized carbons (Fsp3) is 0.154. The Balaban J connectivity index is 0.00000259. The average molecular weight is 614 g/mol. The Morgan fingerprint density at radius 3 is 1.85 bits per heavy atom. The van der Waals surface area contributed by atoms with Gasteiger partial charge >= 0.3 is 21.1 Å². The summed E-state index contributed by atoms with van der Waals surface area (Å²) in [5.41, 5.74) is 5.40. The van der Waals surface area contributed by atoms with Crippen LogP contribution in [0.1, 0.15) is 25.2 Å². The second-order valence-corrected chi connectivity index (χ2v) is 8.14. The molecule has 0 spiro atoms. The molecule has 6 nitrogen and oxygen atoms in total. The Hall–Kier alpha value is -3.37. The van der Waals surface area contributed by atoms with Crippen LogP contribution >= 0.6 is 0 Å². The maximum Gasteiger partial charge on any atom is 2.00 e. The second-order valence-electron chi connectivity index (χ2n) is 8.14. The molecule has 0 atom stereocenters. The number of nitrogens with zero attached hydrogens (tertiary/aromatic N) is 6. The van der Waals surface area contributed by atoms with E-state index in [4.69, 9.17) is 9.97 Å². The van der Waals surface area contributed by atoms with Gasteiger partial charge in [0.25, 0.3) is 0 Å². The van der Waals surface area contributed by atoms with Crippen molar-refractivity contribution in [3.05, 3.63) is 103 Å². The number of benzene rings is 1. The minimum Gasteiger partial charge on any atom is -0.345 e. The van der Waals surface area contributed by atoms with Crippen LogP contribution in [0.25, 0.3) is 28.5 Å². The fourth-order valence-electron chi connectivity index (χ4n) is 3.58. The van der Waals surface area contributed by atoms with E-state index in [-0.39, 0.29) is 21.1 Å². The number of aromatic nitrogens is 6. The zero-order chi connectivity index (χ0) is 22.1. The molecule has 4 aromatic heterocycles. The molecule has 0 bridgehead atoms. The molecule has 0 saturated heterocycles. The molecule has 0 unspecified atom stereocenters. The molecule has 5 aromatic rings. The van der Waals surface area contributed by atoms with Crippen molar-refractivity contribution >= 4 is 0 Å². The zero-order valence-corrected chi connectivity index (χ0v) is 20.8. The van der Waals surface area contributed by atoms with Gasteiger partial charge in [-0.05, 0) is 38.1 Å². The summed E-state index contributed by atoms with van der Waals surface area (Å²) in [4.78, 5) is 9.81. The average Bonchev–Trinajstić information content (AvgIpc) is 3.50. The van der Waals surface area contributed by atoms with Crippen molar-refractivity contribution in [2.45, 2.75) is 19.3 Å². The van der Waals surface area contributed by atoms with Crippen LogP contribution in [0, 0.1) is 12.1 Å². The summed E-state index contributed by atoms with van der Waals surface area (Å²) in [5, 5.41) is 9.10. The van der Waals surface area contributed by atoms with E-state index in [2.05, 4.69) is 36.2 Å². The molecule has 0 aliphatic rings. The van der Waals surface area contributed by atoms with Gasteiger partial charge in [-0.2, -0.15) is 0 Å². The number of para-hydroxylation sites is 1. The summed E-state index contributed by atoms with van der Waals surface area (Å²) < 4.78 is 3.54. The van der Waals surface area contributed by atoms with Crippen LogP contribution in [0.2, 0.25) is 0 Å². The predicted molar refractivity (Wildman–Crippen MR) is 123 cm³/mol. The van der Waals surface area contributed by atoms with Crippen molar-refractivity contribution in [3.8, 4) is 28.5 Å². The summed E-state index contributed by atoms with van der Waals surface area (Å²) in [7, 11) is 1.87. The first kappa shape index (κ1) is 22.8. The SMILES string of the molecule is Cn1c[c-]c(-c2cccc(C(C)(C)c3cccc(-c4[c-]cn(-c5ccccc5)n4)n3)n2)n1.[Pt+2]. The van der Waals surface area contributed by atoms with Crippen molar-refractivity contribution in [3.63, 3.8) is 0 Å². The van der Waals surface area contributed by atoms with Crippen LogP contribution in [0.15, 0.2) is 79.1 Å². The first-order valence-electron chi connectivity index (χ1n) is 10.4. The van der Waals surface area contributed by atoms with E-state index in [9.17, 15) is 0 Å². The van der Waals surface area contributed by atoms with E-state index in [1.165, 1.54) is 0 Å². The van der Waals surface area contributed by atoms with Gasteiger partial charge in [0.1, 0.15) is 0 Å². The summed E-state index contributed by atoms with van der Waals surface area (Å²) in [6, 6.07) is 28.3. The first-order valence-corrected chi connectivity index (χ1v) is 10.4. The number of hydrogen-bond donors (Lipinski definition) is 0. The Kier molecular flexibility index (Phi) is 6.39. The van der Waals surface area contributed by atoms with Crippen molar-refractivity contribution in [1.82, 2.24) is 29.5 Å². The van der Waals surface area contributed by atoms with Crippen LogP contribution < -0.4 is 0 Å². The standard InChI is InChI=1S/C26H22N6.Pt/c1-26(2,24-13-7-11-20(27-24)22-15-17-31(3)29-22)25-14-8-12-21(28-25)23-16-18-32(30-23)19-9-5-4-6-10-19;/h4-14,17-18H,1-3H3;/q-2;+2. The third-order valence-corrected chi connectivity index (χ3v) is 5.46. The van der Waals surface area contributed by atoms with E-state index in [0.29, 0.717) is 5.69 Å². The number of rotatable bonds is 5. The summed E-state index contributed by atoms with van der Waals surface area (Å²) in [5.74, 6) is 0. The van der Waals surface area contributed by atoms with Gasteiger partial charge < -0.3 is 9.97 Å². The van der Waals surface area contributed by atoms with Gasteiger partial charge in [0.15, 0.2) is 0 Å². The van der Waals surface area contributed by atoms with Crippen molar-refractivity contribution < 1.29 is 21.1 Å². The topological polar surface area (TPSA) is 61.4 Å². The first-order chi connectivity index (χ1) is 15.5. The molecular formula is C26H22N6Pt. The maximum atomic E-state index is 4.93. The molecule has 0 amide bonds. The summed E-state index contributed by atoms with van der Waals surface area (Å²) >= 11 is 0. The van der Waals surface area contributed by atoms with E-state index >= 15 is 0 Å². The molecule has 33 heavy (non-hydrogen) atoms. The third-order valence-electron chi connectivity index (χ3n) is 5.46. The molecule has 0 fully saturated rings. The van der Waals surface area contributed by atoms with Crippen molar-refractivity contribution in [2.24, 2.45) is 7.05 Å². The normalized spacial score (nSPS) is 11.2. The van der Waals surface area contributed by atoms with Crippen molar-refractivity contribution in [2.75, 3.05) is 0 Å². The van der Waals surface area contributed by atoms with Gasteiger partial charge in [0, 0.05) is 23.9 Å². The third kappa shape index (κ3) is 4.57. The van der Waals surface area contributed by atoms with Crippen LogP contribution in [-0.4, -0.2) is 29.5 Å². The predicted octanol–water partition coefficient (Wildman–Crippen LogP) is 4.65. The molecule has 0 radical (unpaired) electrons. The second kappa shape index (κ2) is 9.24. The number of hydrogen-bond acceptors (Lipinski definition) is 4. The van der Waals surface area contributed by atoms with Gasteiger partial charge in [-0.25, -0.2) is 22.3 Å². The van der Waals surface area contributed by atoms with Crippen LogP contribution in [-0.2, 0) is 33.5 Å². The maximum absolute atomic E-state index is 4.93.